The molecule has 1 N–H and O–H groups in total. The first-order valence-corrected chi connectivity index (χ1v) is 14.3. The van der Waals surface area contributed by atoms with Crippen molar-refractivity contribution in [3.05, 3.63) is 72.1 Å². The Morgan fingerprint density at radius 3 is 2.10 bits per heavy atom. The second kappa shape index (κ2) is 11.9. The highest BCUT2D eigenvalue weighted by molar-refractivity contribution is 7.92. The molecule has 0 aliphatic carbocycles. The van der Waals surface area contributed by atoms with Crippen LogP contribution < -0.4 is 10.1 Å². The van der Waals surface area contributed by atoms with Crippen molar-refractivity contribution in [3.8, 4) is 5.75 Å². The molecule has 1 saturated heterocycles. The molecule has 0 unspecified atom stereocenters. The fourth-order valence-corrected chi connectivity index (χ4v) is 5.85. The Morgan fingerprint density at radius 1 is 0.949 bits per heavy atom. The molecular weight excluding hydrogens is 516 g/mol. The van der Waals surface area contributed by atoms with Gasteiger partial charge in [-0.15, -0.1) is 0 Å². The number of piperidine rings is 1. The Morgan fingerprint density at radius 2 is 1.54 bits per heavy atom. The summed E-state index contributed by atoms with van der Waals surface area (Å²) in [6, 6.07) is 14.3. The number of rotatable bonds is 7. The van der Waals surface area contributed by atoms with Gasteiger partial charge in [0.05, 0.1) is 17.3 Å². The average Bonchev–Trinajstić information content (AvgIpc) is 2.92. The molecule has 9 nitrogen and oxygen atoms in total. The molecule has 0 radical (unpaired) electrons. The van der Waals surface area contributed by atoms with Gasteiger partial charge in [0.25, 0.3) is 0 Å². The smallest absolute Gasteiger partial charge is 0.410 e. The Labute approximate surface area is 229 Å². The van der Waals surface area contributed by atoms with Crippen molar-refractivity contribution in [3.63, 3.8) is 0 Å². The lowest BCUT2D eigenvalue weighted by atomic mass is 10.1. The van der Waals surface area contributed by atoms with E-state index in [-0.39, 0.29) is 4.90 Å². The number of likely N-dealkylation sites (tertiary alicyclic amines) is 1. The number of sulfone groups is 1. The molecule has 1 fully saturated rings. The second-order valence-electron chi connectivity index (χ2n) is 10.3. The Kier molecular flexibility index (Phi) is 8.54. The summed E-state index contributed by atoms with van der Waals surface area (Å²) in [6.07, 6.45) is 7.63. The van der Waals surface area contributed by atoms with E-state index in [1.165, 1.54) is 0 Å². The molecule has 1 amide bonds. The summed E-state index contributed by atoms with van der Waals surface area (Å²) < 4.78 is 37.0. The molecule has 0 atom stereocenters. The molecule has 39 heavy (non-hydrogen) atoms. The lowest BCUT2D eigenvalue weighted by molar-refractivity contribution is 0.0217. The van der Waals surface area contributed by atoms with E-state index in [9.17, 15) is 13.2 Å². The van der Waals surface area contributed by atoms with Crippen LogP contribution in [0.5, 0.6) is 5.75 Å². The van der Waals surface area contributed by atoms with Crippen molar-refractivity contribution in [2.45, 2.75) is 49.4 Å². The van der Waals surface area contributed by atoms with Gasteiger partial charge in [0.2, 0.25) is 5.95 Å². The lowest BCUT2D eigenvalue weighted by Crippen LogP contribution is -2.44. The van der Waals surface area contributed by atoms with E-state index >= 15 is 0 Å². The molecule has 4 rings (SSSR count). The number of benzene rings is 2. The van der Waals surface area contributed by atoms with Crippen LogP contribution in [-0.2, 0) is 14.6 Å². The summed E-state index contributed by atoms with van der Waals surface area (Å²) in [5.41, 5.74) is 1.96. The number of nitrogens with one attached hydrogen (secondary N) is 1. The van der Waals surface area contributed by atoms with E-state index in [0.717, 1.165) is 16.9 Å². The van der Waals surface area contributed by atoms with E-state index in [0.29, 0.717) is 37.6 Å². The first-order valence-electron chi connectivity index (χ1n) is 12.8. The van der Waals surface area contributed by atoms with Crippen molar-refractivity contribution in [1.29, 1.82) is 0 Å². The minimum Gasteiger partial charge on any atom is -0.497 e. The summed E-state index contributed by atoms with van der Waals surface area (Å²) in [6.45, 7) is 6.13. The highest BCUT2D eigenvalue weighted by Gasteiger charge is 2.34. The summed E-state index contributed by atoms with van der Waals surface area (Å²) in [7, 11) is -1.89. The first kappa shape index (κ1) is 28.1. The largest absolute Gasteiger partial charge is 0.497 e. The van der Waals surface area contributed by atoms with Gasteiger partial charge in [0, 0.05) is 36.7 Å². The first-order chi connectivity index (χ1) is 18.5. The molecule has 1 aliphatic heterocycles. The van der Waals surface area contributed by atoms with Gasteiger partial charge >= 0.3 is 6.09 Å². The van der Waals surface area contributed by atoms with E-state index in [4.69, 9.17) is 9.47 Å². The van der Waals surface area contributed by atoms with E-state index < -0.39 is 26.8 Å². The zero-order chi connectivity index (χ0) is 28.0. The van der Waals surface area contributed by atoms with Crippen LogP contribution in [0.3, 0.4) is 0 Å². The number of ether oxygens (including phenoxy) is 2. The van der Waals surface area contributed by atoms with Gasteiger partial charge in [-0.1, -0.05) is 24.3 Å². The highest BCUT2D eigenvalue weighted by Crippen LogP contribution is 2.27. The van der Waals surface area contributed by atoms with Crippen LogP contribution in [0.15, 0.2) is 65.8 Å². The summed E-state index contributed by atoms with van der Waals surface area (Å²) in [5.74, 6) is 1.21. The molecular formula is C29H34N4O5S. The monoisotopic (exact) mass is 550 g/mol. The fraction of sp³-hybridized carbons (Fsp3) is 0.345. The number of hydrogen-bond acceptors (Lipinski definition) is 8. The molecule has 0 spiro atoms. The Balaban J connectivity index is 1.32. The van der Waals surface area contributed by atoms with Crippen LogP contribution in [-0.4, -0.2) is 60.4 Å². The number of carbonyl (C=O) groups is 1. The third-order valence-electron chi connectivity index (χ3n) is 6.23. The van der Waals surface area contributed by atoms with Crippen molar-refractivity contribution in [1.82, 2.24) is 14.9 Å². The predicted molar refractivity (Wildman–Crippen MR) is 152 cm³/mol. The average molecular weight is 551 g/mol. The molecule has 2 aromatic carbocycles. The third kappa shape index (κ3) is 7.57. The van der Waals surface area contributed by atoms with Crippen molar-refractivity contribution in [2.24, 2.45) is 0 Å². The fourth-order valence-electron chi connectivity index (χ4n) is 4.12. The van der Waals surface area contributed by atoms with Gasteiger partial charge in [-0.05, 0) is 75.6 Å². The van der Waals surface area contributed by atoms with Crippen LogP contribution in [0, 0.1) is 0 Å². The Bertz CT molecular complexity index is 1390. The lowest BCUT2D eigenvalue weighted by Gasteiger charge is -2.33. The van der Waals surface area contributed by atoms with Gasteiger partial charge in [0.1, 0.15) is 11.4 Å². The number of aromatic nitrogens is 2. The van der Waals surface area contributed by atoms with E-state index in [2.05, 4.69) is 15.3 Å². The minimum atomic E-state index is -3.53. The molecule has 0 bridgehead atoms. The van der Waals surface area contributed by atoms with Gasteiger partial charge in [-0.3, -0.25) is 0 Å². The zero-order valence-corrected chi connectivity index (χ0v) is 23.4. The maximum atomic E-state index is 13.2. The van der Waals surface area contributed by atoms with Crippen LogP contribution in [0.25, 0.3) is 12.2 Å². The van der Waals surface area contributed by atoms with Gasteiger partial charge in [-0.25, -0.2) is 23.2 Å². The van der Waals surface area contributed by atoms with Crippen molar-refractivity contribution < 1.29 is 22.7 Å². The van der Waals surface area contributed by atoms with Crippen molar-refractivity contribution in [2.75, 3.05) is 25.5 Å². The zero-order valence-electron chi connectivity index (χ0n) is 22.6. The number of amides is 1. The minimum absolute atomic E-state index is 0.253. The molecule has 10 heteroatoms. The highest BCUT2D eigenvalue weighted by atomic mass is 32.2. The SMILES string of the molecule is COc1ccc(C=Cc2cnc(Nc3ccc(S(=O)(=O)C4CCN(C(=O)OC(C)(C)C)CC4)cc3)nc2)cc1. The Hall–Kier alpha value is -3.92. The maximum Gasteiger partial charge on any atom is 0.410 e. The summed E-state index contributed by atoms with van der Waals surface area (Å²) in [5, 5.41) is 2.55. The van der Waals surface area contributed by atoms with Crippen LogP contribution in [0.4, 0.5) is 16.4 Å². The van der Waals surface area contributed by atoms with Crippen LogP contribution in [0.1, 0.15) is 44.7 Å². The van der Waals surface area contributed by atoms with Crippen molar-refractivity contribution >= 4 is 39.7 Å². The number of anilines is 2. The number of nitrogens with zero attached hydrogens (tertiary/aromatic N) is 3. The normalized spacial score (nSPS) is 14.8. The molecule has 206 valence electrons. The quantitative estimate of drug-likeness (QED) is 0.406. The molecule has 3 aromatic rings. The number of methoxy groups -OCH3 is 1. The molecule has 1 aliphatic rings. The van der Waals surface area contributed by atoms with Gasteiger partial charge in [-0.2, -0.15) is 0 Å². The summed E-state index contributed by atoms with van der Waals surface area (Å²) >= 11 is 0. The van der Waals surface area contributed by atoms with Crippen LogP contribution >= 0.6 is 0 Å². The van der Waals surface area contributed by atoms with Crippen LogP contribution in [0.2, 0.25) is 0 Å². The van der Waals surface area contributed by atoms with E-state index in [1.807, 2.05) is 57.2 Å². The number of hydrogen-bond donors (Lipinski definition) is 1. The third-order valence-corrected chi connectivity index (χ3v) is 8.51. The number of carbonyl (C=O) groups excluding carboxylic acids is 1. The standard InChI is InChI=1S/C29H34N4O5S/c1-29(2,3)38-28(34)33-17-15-26(16-18-33)39(35,36)25-13-9-23(10-14-25)32-27-30-19-22(20-31-27)6-5-21-7-11-24(37-4)12-8-21/h5-14,19-20,26H,15-18H2,1-4H3,(H,30,31,32). The predicted octanol–water partition coefficient (Wildman–Crippen LogP) is 5.57. The molecule has 1 aromatic heterocycles. The molecule has 0 saturated carbocycles. The van der Waals surface area contributed by atoms with Gasteiger partial charge < -0.3 is 19.7 Å². The topological polar surface area (TPSA) is 111 Å². The maximum absolute atomic E-state index is 13.2. The second-order valence-corrected chi connectivity index (χ2v) is 12.5. The molecule has 2 heterocycles. The van der Waals surface area contributed by atoms with Gasteiger partial charge in [0.15, 0.2) is 9.84 Å². The van der Waals surface area contributed by atoms with E-state index in [1.54, 1.807) is 48.7 Å². The summed E-state index contributed by atoms with van der Waals surface area (Å²) in [4.78, 5) is 22.8.